The molecule has 104 valence electrons. The maximum Gasteiger partial charge on any atom is 0.312 e. The van der Waals surface area contributed by atoms with Gasteiger partial charge in [-0.25, -0.2) is 4.98 Å². The van der Waals surface area contributed by atoms with Crippen molar-refractivity contribution in [2.75, 3.05) is 0 Å². The number of aliphatic carboxylic acids is 1. The third-order valence-corrected chi connectivity index (χ3v) is 3.89. The van der Waals surface area contributed by atoms with Crippen LogP contribution < -0.4 is 0 Å². The fourth-order valence-corrected chi connectivity index (χ4v) is 3.01. The number of hydrogen-bond donors (Lipinski definition) is 2. The summed E-state index contributed by atoms with van der Waals surface area (Å²) in [4.78, 5) is 15.6. The number of carbonyl (C=O) groups is 1. The predicted octanol–water partition coefficient (Wildman–Crippen LogP) is 2.87. The molecule has 0 amide bonds. The van der Waals surface area contributed by atoms with Crippen LogP contribution in [0.5, 0.6) is 5.75 Å². The smallest absolute Gasteiger partial charge is 0.312 e. The monoisotopic (exact) mass is 292 g/mol. The zero-order chi connectivity index (χ0) is 14.3. The van der Waals surface area contributed by atoms with Crippen molar-refractivity contribution in [3.63, 3.8) is 0 Å². The maximum atomic E-state index is 11.3. The van der Waals surface area contributed by atoms with Gasteiger partial charge in [-0.1, -0.05) is 23.7 Å². The van der Waals surface area contributed by atoms with Crippen LogP contribution in [0.4, 0.5) is 0 Å². The van der Waals surface area contributed by atoms with Crippen LogP contribution >= 0.6 is 11.6 Å². The van der Waals surface area contributed by atoms with Crippen LogP contribution in [0.1, 0.15) is 24.5 Å². The molecule has 0 saturated heterocycles. The van der Waals surface area contributed by atoms with Crippen molar-refractivity contribution in [1.82, 2.24) is 9.55 Å². The number of nitrogens with zero attached hydrogens (tertiary/aromatic N) is 2. The van der Waals surface area contributed by atoms with Crippen LogP contribution in [0, 0.1) is 0 Å². The van der Waals surface area contributed by atoms with Gasteiger partial charge in [0.1, 0.15) is 17.5 Å². The van der Waals surface area contributed by atoms with E-state index in [1.54, 1.807) is 28.8 Å². The predicted molar refractivity (Wildman–Crippen MR) is 73.9 cm³/mol. The molecule has 2 N–H and O–H groups in total. The number of fused-ring (bicyclic) bond motifs is 1. The first-order valence-electron chi connectivity index (χ1n) is 6.36. The van der Waals surface area contributed by atoms with E-state index in [1.807, 2.05) is 0 Å². The molecule has 0 aliphatic carbocycles. The Bertz CT molecular complexity index is 681. The standard InChI is InChI=1S/C14H13ClN2O3/c15-12-11-9(14(19)20)5-3-7-17(11)13(16-12)8-4-1-2-6-10(8)18/h1-2,4,6,9,18H,3,5,7H2,(H,19,20). The van der Waals surface area contributed by atoms with E-state index in [-0.39, 0.29) is 10.9 Å². The van der Waals surface area contributed by atoms with Gasteiger partial charge in [0.25, 0.3) is 0 Å². The molecule has 20 heavy (non-hydrogen) atoms. The lowest BCUT2D eigenvalue weighted by Gasteiger charge is -2.22. The molecule has 0 saturated carbocycles. The highest BCUT2D eigenvalue weighted by atomic mass is 35.5. The number of rotatable bonds is 2. The van der Waals surface area contributed by atoms with Crippen LogP contribution in [-0.2, 0) is 11.3 Å². The Morgan fingerprint density at radius 3 is 2.85 bits per heavy atom. The summed E-state index contributed by atoms with van der Waals surface area (Å²) in [6.45, 7) is 0.655. The second-order valence-corrected chi connectivity index (χ2v) is 5.17. The van der Waals surface area contributed by atoms with E-state index in [9.17, 15) is 15.0 Å². The van der Waals surface area contributed by atoms with Crippen LogP contribution in [0.3, 0.4) is 0 Å². The van der Waals surface area contributed by atoms with E-state index in [0.29, 0.717) is 30.0 Å². The highest BCUT2D eigenvalue weighted by Crippen LogP contribution is 2.38. The van der Waals surface area contributed by atoms with Crippen LogP contribution in [-0.4, -0.2) is 25.7 Å². The second kappa shape index (κ2) is 4.83. The molecule has 3 rings (SSSR count). The molecule has 2 heterocycles. The van der Waals surface area contributed by atoms with Crippen LogP contribution in [0.2, 0.25) is 5.15 Å². The molecule has 0 bridgehead atoms. The van der Waals surface area contributed by atoms with E-state index < -0.39 is 11.9 Å². The SMILES string of the molecule is O=C(O)C1CCCn2c(-c3ccccc3O)nc(Cl)c21. The Kier molecular flexibility index (Phi) is 3.14. The number of hydrogen-bond acceptors (Lipinski definition) is 3. The lowest BCUT2D eigenvalue weighted by Crippen LogP contribution is -2.22. The zero-order valence-electron chi connectivity index (χ0n) is 10.6. The lowest BCUT2D eigenvalue weighted by atomic mass is 9.96. The fraction of sp³-hybridized carbons (Fsp3) is 0.286. The minimum Gasteiger partial charge on any atom is -0.507 e. The van der Waals surface area contributed by atoms with E-state index in [2.05, 4.69) is 4.98 Å². The molecule has 0 spiro atoms. The molecule has 1 aliphatic heterocycles. The molecule has 6 heteroatoms. The van der Waals surface area contributed by atoms with E-state index in [1.165, 1.54) is 0 Å². The number of para-hydroxylation sites is 1. The van der Waals surface area contributed by atoms with Gasteiger partial charge in [-0.15, -0.1) is 0 Å². The largest absolute Gasteiger partial charge is 0.507 e. The summed E-state index contributed by atoms with van der Waals surface area (Å²) in [5, 5.41) is 19.4. The van der Waals surface area contributed by atoms with Crippen molar-refractivity contribution in [3.8, 4) is 17.1 Å². The van der Waals surface area contributed by atoms with Gasteiger partial charge in [0.15, 0.2) is 5.15 Å². The lowest BCUT2D eigenvalue weighted by molar-refractivity contribution is -0.139. The highest BCUT2D eigenvalue weighted by Gasteiger charge is 2.32. The summed E-state index contributed by atoms with van der Waals surface area (Å²) in [6, 6.07) is 6.83. The fourth-order valence-electron chi connectivity index (χ4n) is 2.69. The first kappa shape index (κ1) is 13.0. The van der Waals surface area contributed by atoms with Gasteiger partial charge >= 0.3 is 5.97 Å². The Morgan fingerprint density at radius 2 is 2.15 bits per heavy atom. The molecule has 2 aromatic rings. The number of aromatic nitrogens is 2. The van der Waals surface area contributed by atoms with Gasteiger partial charge < -0.3 is 14.8 Å². The minimum absolute atomic E-state index is 0.106. The number of aromatic hydroxyl groups is 1. The van der Waals surface area contributed by atoms with Crippen molar-refractivity contribution in [1.29, 1.82) is 0 Å². The van der Waals surface area contributed by atoms with Crippen molar-refractivity contribution in [2.24, 2.45) is 0 Å². The summed E-state index contributed by atoms with van der Waals surface area (Å²) in [5.74, 6) is -0.900. The third kappa shape index (κ3) is 1.94. The number of benzene rings is 1. The van der Waals surface area contributed by atoms with Gasteiger partial charge in [-0.2, -0.15) is 0 Å². The van der Waals surface area contributed by atoms with Crippen LogP contribution in [0.25, 0.3) is 11.4 Å². The van der Waals surface area contributed by atoms with Gasteiger partial charge in [-0.05, 0) is 25.0 Å². The van der Waals surface area contributed by atoms with Crippen molar-refractivity contribution >= 4 is 17.6 Å². The number of carboxylic acids is 1. The maximum absolute atomic E-state index is 11.3. The van der Waals surface area contributed by atoms with Gasteiger partial charge in [-0.3, -0.25) is 4.79 Å². The van der Waals surface area contributed by atoms with E-state index in [0.717, 1.165) is 6.42 Å². The number of imidazole rings is 1. The second-order valence-electron chi connectivity index (χ2n) is 4.81. The van der Waals surface area contributed by atoms with Gasteiger partial charge in [0.2, 0.25) is 0 Å². The molecule has 0 fully saturated rings. The number of phenolic OH excluding ortho intramolecular Hbond substituents is 1. The van der Waals surface area contributed by atoms with Gasteiger partial charge in [0, 0.05) is 6.54 Å². The zero-order valence-corrected chi connectivity index (χ0v) is 11.3. The van der Waals surface area contributed by atoms with E-state index >= 15 is 0 Å². The van der Waals surface area contributed by atoms with Crippen molar-refractivity contribution in [2.45, 2.75) is 25.3 Å². The minimum atomic E-state index is -0.892. The number of carboxylic acid groups (broad SMARTS) is 1. The molecule has 1 aliphatic rings. The molecule has 0 radical (unpaired) electrons. The summed E-state index contributed by atoms with van der Waals surface area (Å²) in [6.07, 6.45) is 1.30. The Morgan fingerprint density at radius 1 is 1.40 bits per heavy atom. The van der Waals surface area contributed by atoms with Crippen molar-refractivity contribution < 1.29 is 15.0 Å². The quantitative estimate of drug-likeness (QED) is 0.892. The number of phenols is 1. The first-order valence-corrected chi connectivity index (χ1v) is 6.74. The molecular weight excluding hydrogens is 280 g/mol. The Hall–Kier alpha value is -2.01. The van der Waals surface area contributed by atoms with E-state index in [4.69, 9.17) is 11.6 Å². The highest BCUT2D eigenvalue weighted by molar-refractivity contribution is 6.30. The summed E-state index contributed by atoms with van der Waals surface area (Å²) in [5.41, 5.74) is 1.09. The molecule has 5 nitrogen and oxygen atoms in total. The summed E-state index contributed by atoms with van der Waals surface area (Å²) in [7, 11) is 0. The third-order valence-electron chi connectivity index (χ3n) is 3.61. The molecule has 1 unspecified atom stereocenters. The Labute approximate surface area is 120 Å². The molecule has 1 aromatic carbocycles. The molecular formula is C14H13ClN2O3. The topological polar surface area (TPSA) is 75.3 Å². The molecule has 1 aromatic heterocycles. The Balaban J connectivity index is 2.19. The molecule has 1 atom stereocenters. The average molecular weight is 293 g/mol. The van der Waals surface area contributed by atoms with Gasteiger partial charge in [0.05, 0.1) is 11.3 Å². The normalized spacial score (nSPS) is 17.8. The number of halogens is 1. The van der Waals surface area contributed by atoms with Crippen molar-refractivity contribution in [3.05, 3.63) is 35.1 Å². The average Bonchev–Trinajstić information content (AvgIpc) is 2.77. The summed E-state index contributed by atoms with van der Waals surface area (Å²) >= 11 is 6.13. The first-order chi connectivity index (χ1) is 9.59. The summed E-state index contributed by atoms with van der Waals surface area (Å²) < 4.78 is 1.81. The van der Waals surface area contributed by atoms with Crippen LogP contribution in [0.15, 0.2) is 24.3 Å².